The normalized spacial score (nSPS) is 18.4. The molecule has 5 rings (SSSR count). The number of aliphatic hydroxyl groups is 1. The summed E-state index contributed by atoms with van der Waals surface area (Å²) in [6, 6.07) is 11.8. The highest BCUT2D eigenvalue weighted by Crippen LogP contribution is 2.35. The zero-order chi connectivity index (χ0) is 23.3. The lowest BCUT2D eigenvalue weighted by atomic mass is 9.97. The molecule has 33 heavy (non-hydrogen) atoms. The highest BCUT2D eigenvalue weighted by Gasteiger charge is 2.37. The molecule has 8 heteroatoms. The molecule has 4 heterocycles. The Labute approximate surface area is 192 Å². The molecule has 1 aromatic carbocycles. The number of benzene rings is 1. The number of carbonyl (C=O) groups excluding carboxylic acids is 1. The predicted octanol–water partition coefficient (Wildman–Crippen LogP) is 2.55. The molecule has 0 saturated carbocycles. The summed E-state index contributed by atoms with van der Waals surface area (Å²) in [5.41, 5.74) is 12.1. The van der Waals surface area contributed by atoms with Crippen LogP contribution in [0.5, 0.6) is 0 Å². The van der Waals surface area contributed by atoms with Gasteiger partial charge in [-0.2, -0.15) is 5.10 Å². The molecule has 1 saturated heterocycles. The van der Waals surface area contributed by atoms with Gasteiger partial charge in [-0.3, -0.25) is 9.48 Å². The van der Waals surface area contributed by atoms with Crippen LogP contribution in [0.2, 0.25) is 0 Å². The number of rotatable bonds is 4. The van der Waals surface area contributed by atoms with Gasteiger partial charge in [0.1, 0.15) is 5.65 Å². The van der Waals surface area contributed by atoms with Crippen LogP contribution in [-0.4, -0.2) is 60.3 Å². The number of imidazole rings is 1. The Bertz CT molecular complexity index is 1370. The molecule has 0 radical (unpaired) electrons. The molecule has 1 atom stereocenters. The fraction of sp³-hybridized carbons (Fsp3) is 0.320. The second-order valence-corrected chi connectivity index (χ2v) is 8.91. The van der Waals surface area contributed by atoms with Gasteiger partial charge >= 0.3 is 0 Å². The van der Waals surface area contributed by atoms with E-state index < -0.39 is 5.60 Å². The lowest BCUT2D eigenvalue weighted by Gasteiger charge is -2.21. The molecule has 4 aromatic rings. The first-order chi connectivity index (χ1) is 15.8. The van der Waals surface area contributed by atoms with Gasteiger partial charge in [-0.25, -0.2) is 4.98 Å². The molecular formula is C25H28N6O2. The number of hydrogen-bond donors (Lipinski definition) is 2. The molecule has 1 aliphatic rings. The Morgan fingerprint density at radius 2 is 1.91 bits per heavy atom. The highest BCUT2D eigenvalue weighted by atomic mass is 16.3. The van der Waals surface area contributed by atoms with Crippen molar-refractivity contribution < 1.29 is 9.90 Å². The summed E-state index contributed by atoms with van der Waals surface area (Å²) in [7, 11) is 1.94. The number of carbonyl (C=O) groups is 1. The summed E-state index contributed by atoms with van der Waals surface area (Å²) in [5.74, 6) is -0.115. The monoisotopic (exact) mass is 444 g/mol. The summed E-state index contributed by atoms with van der Waals surface area (Å²) in [4.78, 5) is 19.6. The van der Waals surface area contributed by atoms with E-state index in [1.165, 1.54) is 0 Å². The van der Waals surface area contributed by atoms with Crippen molar-refractivity contribution in [2.75, 3.05) is 19.6 Å². The Morgan fingerprint density at radius 3 is 2.58 bits per heavy atom. The summed E-state index contributed by atoms with van der Waals surface area (Å²) in [5, 5.41) is 14.8. The van der Waals surface area contributed by atoms with Crippen LogP contribution in [0, 0.1) is 13.8 Å². The zero-order valence-corrected chi connectivity index (χ0v) is 19.1. The van der Waals surface area contributed by atoms with Crippen molar-refractivity contribution in [3.05, 3.63) is 65.7 Å². The number of amides is 1. The van der Waals surface area contributed by atoms with E-state index in [1.807, 2.05) is 59.7 Å². The first-order valence-corrected chi connectivity index (χ1v) is 11.1. The highest BCUT2D eigenvalue weighted by molar-refractivity contribution is 5.95. The topological polar surface area (TPSA) is 102 Å². The maximum absolute atomic E-state index is 13.1. The van der Waals surface area contributed by atoms with Crippen LogP contribution >= 0.6 is 0 Å². The molecule has 8 nitrogen and oxygen atoms in total. The maximum atomic E-state index is 13.1. The van der Waals surface area contributed by atoms with Gasteiger partial charge in [-0.1, -0.05) is 24.3 Å². The van der Waals surface area contributed by atoms with Gasteiger partial charge in [-0.15, -0.1) is 0 Å². The molecule has 1 aliphatic heterocycles. The predicted molar refractivity (Wildman–Crippen MR) is 127 cm³/mol. The van der Waals surface area contributed by atoms with E-state index in [2.05, 4.69) is 24.2 Å². The van der Waals surface area contributed by atoms with Gasteiger partial charge in [0.2, 0.25) is 0 Å². The van der Waals surface area contributed by atoms with Crippen molar-refractivity contribution >= 4 is 11.6 Å². The van der Waals surface area contributed by atoms with E-state index in [-0.39, 0.29) is 19.0 Å². The molecule has 3 aromatic heterocycles. The molecule has 0 unspecified atom stereocenters. The van der Waals surface area contributed by atoms with Gasteiger partial charge in [0.25, 0.3) is 5.91 Å². The van der Waals surface area contributed by atoms with Crippen LogP contribution in [0.15, 0.2) is 48.8 Å². The van der Waals surface area contributed by atoms with Crippen molar-refractivity contribution in [1.29, 1.82) is 0 Å². The molecular weight excluding hydrogens is 416 g/mol. The van der Waals surface area contributed by atoms with Gasteiger partial charge < -0.3 is 20.1 Å². The lowest BCUT2D eigenvalue weighted by Crippen LogP contribution is -2.41. The van der Waals surface area contributed by atoms with Gasteiger partial charge in [0.15, 0.2) is 0 Å². The number of likely N-dealkylation sites (tertiary alicyclic amines) is 1. The van der Waals surface area contributed by atoms with Gasteiger partial charge in [0, 0.05) is 54.4 Å². The van der Waals surface area contributed by atoms with Crippen molar-refractivity contribution in [2.24, 2.45) is 12.8 Å². The Morgan fingerprint density at radius 1 is 1.15 bits per heavy atom. The summed E-state index contributed by atoms with van der Waals surface area (Å²) < 4.78 is 3.86. The second kappa shape index (κ2) is 7.83. The number of nitrogens with two attached hydrogens (primary N) is 1. The summed E-state index contributed by atoms with van der Waals surface area (Å²) in [6.07, 6.45) is 4.26. The number of aryl methyl sites for hydroxylation is 2. The van der Waals surface area contributed by atoms with Crippen LogP contribution in [0.3, 0.4) is 0 Å². The first-order valence-electron chi connectivity index (χ1n) is 11.1. The fourth-order valence-electron chi connectivity index (χ4n) is 4.62. The summed E-state index contributed by atoms with van der Waals surface area (Å²) >= 11 is 0. The number of aromatic nitrogens is 4. The standard InChI is InChI=1S/C25H28N6O2/c1-16-21(13-27-29(16)3)19-6-4-5-7-20(19)23-17(2)31-10-8-18(12-22(31)28-23)24(32)30-11-9-25(33,14-26)15-30/h4-8,10,12-13,33H,9,11,14-15,26H2,1-3H3/t25-/m1/s1. The SMILES string of the molecule is Cc1c(-c2ccccc2-c2nc3cc(C(=O)N4CC[C@@](O)(CN)C4)ccn3c2C)cnn1C. The Balaban J connectivity index is 1.54. The third-order valence-corrected chi connectivity index (χ3v) is 6.82. The molecule has 170 valence electrons. The molecule has 3 N–H and O–H groups in total. The minimum atomic E-state index is -0.995. The second-order valence-electron chi connectivity index (χ2n) is 8.91. The average molecular weight is 445 g/mol. The fourth-order valence-corrected chi connectivity index (χ4v) is 4.62. The van der Waals surface area contributed by atoms with Crippen LogP contribution in [-0.2, 0) is 7.05 Å². The Kier molecular flexibility index (Phi) is 5.07. The van der Waals surface area contributed by atoms with E-state index >= 15 is 0 Å². The van der Waals surface area contributed by atoms with Crippen molar-refractivity contribution in [3.8, 4) is 22.4 Å². The van der Waals surface area contributed by atoms with Crippen molar-refractivity contribution in [2.45, 2.75) is 25.9 Å². The zero-order valence-electron chi connectivity index (χ0n) is 19.1. The van der Waals surface area contributed by atoms with E-state index in [0.717, 1.165) is 33.8 Å². The number of fused-ring (bicyclic) bond motifs is 1. The van der Waals surface area contributed by atoms with Crippen LogP contribution in [0.1, 0.15) is 28.2 Å². The number of β-amino-alcohol motifs (C(OH)–C–C–N with tert-alkyl or cyclic N) is 1. The van der Waals surface area contributed by atoms with E-state index in [0.29, 0.717) is 24.2 Å². The number of pyridine rings is 1. The first kappa shape index (κ1) is 21.4. The quantitative estimate of drug-likeness (QED) is 0.504. The number of nitrogens with zero attached hydrogens (tertiary/aromatic N) is 5. The molecule has 0 bridgehead atoms. The van der Waals surface area contributed by atoms with E-state index in [9.17, 15) is 9.90 Å². The van der Waals surface area contributed by atoms with E-state index in [4.69, 9.17) is 10.7 Å². The third kappa shape index (κ3) is 3.51. The largest absolute Gasteiger partial charge is 0.387 e. The summed E-state index contributed by atoms with van der Waals surface area (Å²) in [6.45, 7) is 4.98. The van der Waals surface area contributed by atoms with Crippen LogP contribution in [0.25, 0.3) is 28.0 Å². The van der Waals surface area contributed by atoms with Crippen molar-refractivity contribution in [1.82, 2.24) is 24.1 Å². The number of hydrogen-bond acceptors (Lipinski definition) is 5. The van der Waals surface area contributed by atoms with Gasteiger partial charge in [0.05, 0.1) is 24.0 Å². The third-order valence-electron chi connectivity index (χ3n) is 6.82. The lowest BCUT2D eigenvalue weighted by molar-refractivity contribution is 0.0507. The Hall–Kier alpha value is -3.49. The van der Waals surface area contributed by atoms with Crippen LogP contribution in [0.4, 0.5) is 0 Å². The van der Waals surface area contributed by atoms with Gasteiger partial charge in [-0.05, 0) is 38.0 Å². The minimum Gasteiger partial charge on any atom is -0.387 e. The van der Waals surface area contributed by atoms with E-state index in [1.54, 1.807) is 4.90 Å². The van der Waals surface area contributed by atoms with Crippen molar-refractivity contribution in [3.63, 3.8) is 0 Å². The average Bonchev–Trinajstić information content (AvgIpc) is 3.49. The maximum Gasteiger partial charge on any atom is 0.254 e. The molecule has 1 fully saturated rings. The minimum absolute atomic E-state index is 0.115. The van der Waals surface area contributed by atoms with Crippen LogP contribution < -0.4 is 5.73 Å². The molecule has 0 aliphatic carbocycles. The molecule has 1 amide bonds. The smallest absolute Gasteiger partial charge is 0.254 e. The molecule has 0 spiro atoms.